The minimum absolute atomic E-state index is 0.0290. The molecule has 1 aromatic heterocycles. The highest BCUT2D eigenvalue weighted by molar-refractivity contribution is 5.97. The quantitative estimate of drug-likeness (QED) is 0.332. The minimum atomic E-state index is -0.566. The van der Waals surface area contributed by atoms with E-state index in [-0.39, 0.29) is 23.7 Å². The van der Waals surface area contributed by atoms with Crippen LogP contribution in [0.3, 0.4) is 0 Å². The second-order valence-electron chi connectivity index (χ2n) is 11.0. The lowest BCUT2D eigenvalue weighted by Crippen LogP contribution is -2.41. The average molecular weight is 548 g/mol. The maximum atomic E-state index is 13.5. The molecular weight excluding hydrogens is 512 g/mol. The predicted molar refractivity (Wildman–Crippen MR) is 148 cm³/mol. The first-order valence-corrected chi connectivity index (χ1v) is 14.0. The molecule has 0 N–H and O–H groups in total. The molecule has 0 saturated carbocycles. The summed E-state index contributed by atoms with van der Waals surface area (Å²) in [4.78, 5) is 34.2. The molecule has 0 unspecified atom stereocenters. The van der Waals surface area contributed by atoms with Gasteiger partial charge in [0.25, 0.3) is 5.91 Å². The van der Waals surface area contributed by atoms with E-state index >= 15 is 0 Å². The third kappa shape index (κ3) is 7.30. The van der Waals surface area contributed by atoms with Crippen LogP contribution in [-0.2, 0) is 6.54 Å². The highest BCUT2D eigenvalue weighted by Gasteiger charge is 2.26. The Bertz CT molecular complexity index is 1290. The van der Waals surface area contributed by atoms with E-state index in [1.54, 1.807) is 12.1 Å². The van der Waals surface area contributed by atoms with Gasteiger partial charge in [-0.25, -0.2) is 8.78 Å². The van der Waals surface area contributed by atoms with Gasteiger partial charge in [-0.2, -0.15) is 0 Å². The standard InChI is InChI=1S/C32H35F2N3O3/c1-22-2-5-28(6-3-22)40-29-10-14-37(15-11-29)32(39)25-4-7-30(35-20-25)31(38)18-23-8-12-36(13-9-23)21-24-16-26(33)19-27(34)17-24/h2-7,16-17,19-20,23,29H,8-15,18,21H2,1H3. The van der Waals surface area contributed by atoms with E-state index in [1.807, 2.05) is 36.1 Å². The Morgan fingerprint density at radius 1 is 0.900 bits per heavy atom. The van der Waals surface area contributed by atoms with Gasteiger partial charge in [-0.3, -0.25) is 19.5 Å². The number of likely N-dealkylation sites (tertiary alicyclic amines) is 2. The number of pyridine rings is 1. The fourth-order valence-corrected chi connectivity index (χ4v) is 5.53. The third-order valence-electron chi connectivity index (χ3n) is 7.86. The number of aryl methyl sites for hydroxylation is 1. The largest absolute Gasteiger partial charge is 0.490 e. The number of ketones is 1. The Balaban J connectivity index is 1.06. The van der Waals surface area contributed by atoms with Crippen LogP contribution in [0.5, 0.6) is 5.75 Å². The van der Waals surface area contributed by atoms with Crippen LogP contribution in [0.2, 0.25) is 0 Å². The molecule has 2 aliphatic heterocycles. The molecule has 0 aliphatic carbocycles. The predicted octanol–water partition coefficient (Wildman–Crippen LogP) is 5.84. The van der Waals surface area contributed by atoms with E-state index in [0.717, 1.165) is 50.6 Å². The second kappa shape index (κ2) is 12.7. The summed E-state index contributed by atoms with van der Waals surface area (Å²) in [5.74, 6) is -0.150. The summed E-state index contributed by atoms with van der Waals surface area (Å²) in [6.07, 6.45) is 5.19. The molecule has 0 atom stereocenters. The molecule has 3 heterocycles. The van der Waals surface area contributed by atoms with Gasteiger partial charge in [0.15, 0.2) is 5.78 Å². The summed E-state index contributed by atoms with van der Waals surface area (Å²) >= 11 is 0. The maximum absolute atomic E-state index is 13.5. The maximum Gasteiger partial charge on any atom is 0.255 e. The van der Waals surface area contributed by atoms with Gasteiger partial charge in [0, 0.05) is 51.2 Å². The fourth-order valence-electron chi connectivity index (χ4n) is 5.53. The highest BCUT2D eigenvalue weighted by atomic mass is 19.1. The van der Waals surface area contributed by atoms with Gasteiger partial charge in [-0.05, 0) is 80.7 Å². The molecule has 210 valence electrons. The molecule has 1 amide bonds. The zero-order valence-corrected chi connectivity index (χ0v) is 22.8. The van der Waals surface area contributed by atoms with Crippen LogP contribution in [0.15, 0.2) is 60.8 Å². The van der Waals surface area contributed by atoms with Crippen molar-refractivity contribution in [2.45, 2.75) is 51.7 Å². The molecule has 5 rings (SSSR count). The Morgan fingerprint density at radius 2 is 1.57 bits per heavy atom. The molecule has 2 saturated heterocycles. The van der Waals surface area contributed by atoms with E-state index in [2.05, 4.69) is 9.88 Å². The molecule has 2 fully saturated rings. The summed E-state index contributed by atoms with van der Waals surface area (Å²) in [6.45, 7) is 5.29. The number of hydrogen-bond donors (Lipinski definition) is 0. The number of carbonyl (C=O) groups is 2. The number of ether oxygens (including phenoxy) is 1. The number of aromatic nitrogens is 1. The summed E-state index contributed by atoms with van der Waals surface area (Å²) in [5, 5.41) is 0. The van der Waals surface area contributed by atoms with Crippen molar-refractivity contribution in [1.29, 1.82) is 0 Å². The first-order chi connectivity index (χ1) is 19.3. The molecule has 0 spiro atoms. The number of rotatable bonds is 8. The molecule has 40 heavy (non-hydrogen) atoms. The molecule has 0 radical (unpaired) electrons. The number of carbonyl (C=O) groups excluding carboxylic acids is 2. The van der Waals surface area contributed by atoms with E-state index in [1.165, 1.54) is 23.9 Å². The van der Waals surface area contributed by atoms with Gasteiger partial charge < -0.3 is 9.64 Å². The Hall–Kier alpha value is -3.65. The number of hydrogen-bond acceptors (Lipinski definition) is 5. The van der Waals surface area contributed by atoms with Crippen LogP contribution >= 0.6 is 0 Å². The lowest BCUT2D eigenvalue weighted by molar-refractivity contribution is 0.0594. The number of halogens is 2. The zero-order chi connectivity index (χ0) is 28.1. The monoisotopic (exact) mass is 547 g/mol. The van der Waals surface area contributed by atoms with Gasteiger partial charge in [-0.15, -0.1) is 0 Å². The second-order valence-corrected chi connectivity index (χ2v) is 11.0. The van der Waals surface area contributed by atoms with Crippen molar-refractivity contribution < 1.29 is 23.1 Å². The van der Waals surface area contributed by atoms with Crippen molar-refractivity contribution in [3.63, 3.8) is 0 Å². The van der Waals surface area contributed by atoms with Crippen LogP contribution in [-0.4, -0.2) is 58.8 Å². The van der Waals surface area contributed by atoms with Gasteiger partial charge in [-0.1, -0.05) is 17.7 Å². The van der Waals surface area contributed by atoms with Crippen molar-refractivity contribution in [3.8, 4) is 5.75 Å². The van der Waals surface area contributed by atoms with Gasteiger partial charge in [0.1, 0.15) is 29.2 Å². The minimum Gasteiger partial charge on any atom is -0.490 e. The summed E-state index contributed by atoms with van der Waals surface area (Å²) in [7, 11) is 0. The average Bonchev–Trinajstić information content (AvgIpc) is 2.95. The first-order valence-electron chi connectivity index (χ1n) is 14.0. The van der Waals surface area contributed by atoms with E-state index in [4.69, 9.17) is 4.74 Å². The fraction of sp³-hybridized carbons (Fsp3) is 0.406. The van der Waals surface area contributed by atoms with Crippen LogP contribution in [0.1, 0.15) is 64.1 Å². The molecule has 3 aromatic rings. The Morgan fingerprint density at radius 3 is 2.20 bits per heavy atom. The SMILES string of the molecule is Cc1ccc(OC2CCN(C(=O)c3ccc(C(=O)CC4CCN(Cc5cc(F)cc(F)c5)CC4)nc3)CC2)cc1. The molecule has 6 nitrogen and oxygen atoms in total. The molecule has 0 bridgehead atoms. The number of Topliss-reactive ketones (excluding diaryl/α,β-unsaturated/α-hetero) is 1. The third-order valence-corrected chi connectivity index (χ3v) is 7.86. The van der Waals surface area contributed by atoms with Crippen LogP contribution in [0.25, 0.3) is 0 Å². The highest BCUT2D eigenvalue weighted by Crippen LogP contribution is 2.24. The molecule has 2 aromatic carbocycles. The number of benzene rings is 2. The van der Waals surface area contributed by atoms with Gasteiger partial charge >= 0.3 is 0 Å². The molecule has 2 aliphatic rings. The first kappa shape index (κ1) is 27.9. The van der Waals surface area contributed by atoms with E-state index in [0.29, 0.717) is 42.9 Å². The summed E-state index contributed by atoms with van der Waals surface area (Å²) in [5.41, 5.74) is 2.66. The lowest BCUT2D eigenvalue weighted by atomic mass is 9.90. The summed E-state index contributed by atoms with van der Waals surface area (Å²) in [6, 6.07) is 15.0. The van der Waals surface area contributed by atoms with Crippen LogP contribution in [0.4, 0.5) is 8.78 Å². The molecular formula is C32H35F2N3O3. The number of piperidine rings is 2. The number of nitrogens with zero attached hydrogens (tertiary/aromatic N) is 3. The van der Waals surface area contributed by atoms with Crippen LogP contribution < -0.4 is 4.74 Å². The van der Waals surface area contributed by atoms with Gasteiger partial charge in [0.2, 0.25) is 0 Å². The van der Waals surface area contributed by atoms with Crippen LogP contribution in [0, 0.1) is 24.5 Å². The zero-order valence-electron chi connectivity index (χ0n) is 22.8. The lowest BCUT2D eigenvalue weighted by Gasteiger charge is -2.32. The smallest absolute Gasteiger partial charge is 0.255 e. The normalized spacial score (nSPS) is 17.1. The molecule has 8 heteroatoms. The van der Waals surface area contributed by atoms with Crippen molar-refractivity contribution >= 4 is 11.7 Å². The van der Waals surface area contributed by atoms with Crippen molar-refractivity contribution in [2.75, 3.05) is 26.2 Å². The Kier molecular flexibility index (Phi) is 8.85. The van der Waals surface area contributed by atoms with Gasteiger partial charge in [0.05, 0.1) is 5.56 Å². The van der Waals surface area contributed by atoms with Crippen molar-refractivity contribution in [1.82, 2.24) is 14.8 Å². The topological polar surface area (TPSA) is 62.7 Å². The van der Waals surface area contributed by atoms with E-state index < -0.39 is 11.6 Å². The summed E-state index contributed by atoms with van der Waals surface area (Å²) < 4.78 is 33.0. The van der Waals surface area contributed by atoms with Crippen molar-refractivity contribution in [2.24, 2.45) is 5.92 Å². The number of amides is 1. The Labute approximate surface area is 234 Å². The van der Waals surface area contributed by atoms with Crippen molar-refractivity contribution in [3.05, 3.63) is 94.8 Å². The van der Waals surface area contributed by atoms with E-state index in [9.17, 15) is 18.4 Å².